The maximum atomic E-state index is 2.44. The lowest BCUT2D eigenvalue weighted by Gasteiger charge is -2.27. The molecule has 0 atom stereocenters. The van der Waals surface area contributed by atoms with E-state index in [0.29, 0.717) is 0 Å². The van der Waals surface area contributed by atoms with Gasteiger partial charge in [-0.1, -0.05) is 182 Å². The SMILES string of the molecule is c1ccc(-c2ccccc2-c2ccccc2-c2ccc(N(c3ccc(-c4cccc5c6ccccc6n(-c6ccccc6)c45)cc3)c3cccc4sc5ccccc5c34)cc2)cc1. The van der Waals surface area contributed by atoms with E-state index in [0.717, 1.165) is 22.7 Å². The quantitative estimate of drug-likeness (QED) is 0.148. The second-order valence-electron chi connectivity index (χ2n) is 16.0. The monoisotopic (exact) mass is 820 g/mol. The molecule has 0 aliphatic heterocycles. The van der Waals surface area contributed by atoms with E-state index in [9.17, 15) is 0 Å². The summed E-state index contributed by atoms with van der Waals surface area (Å²) < 4.78 is 4.99. The fourth-order valence-corrected chi connectivity index (χ4v) is 10.7. The molecule has 2 heterocycles. The molecule has 0 unspecified atom stereocenters. The predicted octanol–water partition coefficient (Wildman–Crippen LogP) is 17.3. The fraction of sp³-hybridized carbons (Fsp3) is 0. The summed E-state index contributed by atoms with van der Waals surface area (Å²) in [5.74, 6) is 0. The normalized spacial score (nSPS) is 11.5. The minimum absolute atomic E-state index is 1.10. The Bertz CT molecular complexity index is 3600. The molecule has 63 heavy (non-hydrogen) atoms. The molecule has 0 bridgehead atoms. The largest absolute Gasteiger partial charge is 0.310 e. The Morgan fingerprint density at radius 2 is 0.794 bits per heavy atom. The molecule has 0 spiro atoms. The van der Waals surface area contributed by atoms with Gasteiger partial charge in [-0.05, 0) is 99.6 Å². The molecule has 10 aromatic carbocycles. The second kappa shape index (κ2) is 15.5. The maximum Gasteiger partial charge on any atom is 0.0619 e. The minimum Gasteiger partial charge on any atom is -0.310 e. The molecule has 0 aliphatic rings. The van der Waals surface area contributed by atoms with Crippen LogP contribution in [0.15, 0.2) is 243 Å². The van der Waals surface area contributed by atoms with Crippen molar-refractivity contribution in [2.75, 3.05) is 4.90 Å². The highest BCUT2D eigenvalue weighted by atomic mass is 32.1. The first-order valence-electron chi connectivity index (χ1n) is 21.5. The number of nitrogens with zero attached hydrogens (tertiary/aromatic N) is 2. The summed E-state index contributed by atoms with van der Waals surface area (Å²) in [4.78, 5) is 2.44. The van der Waals surface area contributed by atoms with Crippen LogP contribution in [0.5, 0.6) is 0 Å². The number of anilines is 3. The molecule has 0 amide bonds. The van der Waals surface area contributed by atoms with E-state index in [1.54, 1.807) is 0 Å². The average molecular weight is 821 g/mol. The van der Waals surface area contributed by atoms with Gasteiger partial charge >= 0.3 is 0 Å². The Morgan fingerprint density at radius 1 is 0.317 bits per heavy atom. The smallest absolute Gasteiger partial charge is 0.0619 e. The molecule has 0 saturated carbocycles. The summed E-state index contributed by atoms with van der Waals surface area (Å²) >= 11 is 1.86. The molecule has 0 N–H and O–H groups in total. The van der Waals surface area contributed by atoms with Crippen LogP contribution in [0.3, 0.4) is 0 Å². The Hall–Kier alpha value is -7.98. The Labute approximate surface area is 370 Å². The highest BCUT2D eigenvalue weighted by Gasteiger charge is 2.21. The van der Waals surface area contributed by atoms with Crippen molar-refractivity contribution in [3.63, 3.8) is 0 Å². The molecule has 296 valence electrons. The van der Waals surface area contributed by atoms with Gasteiger partial charge in [0.1, 0.15) is 0 Å². The third-order valence-electron chi connectivity index (χ3n) is 12.4. The van der Waals surface area contributed by atoms with E-state index < -0.39 is 0 Å². The zero-order chi connectivity index (χ0) is 41.7. The number of thiophene rings is 1. The van der Waals surface area contributed by atoms with Gasteiger partial charge in [0, 0.05) is 53.6 Å². The minimum atomic E-state index is 1.10. The van der Waals surface area contributed by atoms with Crippen LogP contribution in [0, 0.1) is 0 Å². The van der Waals surface area contributed by atoms with Crippen molar-refractivity contribution in [3.05, 3.63) is 243 Å². The van der Waals surface area contributed by atoms with Crippen LogP contribution in [-0.2, 0) is 0 Å². The first-order chi connectivity index (χ1) is 31.3. The first-order valence-corrected chi connectivity index (χ1v) is 22.3. The van der Waals surface area contributed by atoms with Crippen LogP contribution >= 0.6 is 11.3 Å². The van der Waals surface area contributed by atoms with Crippen molar-refractivity contribution in [1.82, 2.24) is 4.57 Å². The van der Waals surface area contributed by atoms with Crippen LogP contribution in [0.2, 0.25) is 0 Å². The van der Waals surface area contributed by atoms with Crippen LogP contribution in [-0.4, -0.2) is 4.57 Å². The van der Waals surface area contributed by atoms with E-state index in [1.807, 2.05) is 11.3 Å². The molecule has 0 fully saturated rings. The standard InChI is InChI=1S/C60H40N2S/c1-3-17-41(18-4-1)47-21-7-9-23-50(47)51-24-10-8-22-48(51)42-33-37-45(38-34-42)61(56-30-16-32-58-59(56)54-26-12-14-31-57(54)63-58)46-39-35-43(36-40-46)49-27-15-28-53-52-25-11-13-29-55(52)62(60(49)53)44-19-5-2-6-20-44/h1-40H. The molecule has 0 saturated heterocycles. The lowest BCUT2D eigenvalue weighted by Crippen LogP contribution is -2.10. The van der Waals surface area contributed by atoms with Crippen molar-refractivity contribution in [1.29, 1.82) is 0 Å². The lowest BCUT2D eigenvalue weighted by atomic mass is 9.89. The highest BCUT2D eigenvalue weighted by Crippen LogP contribution is 2.47. The third-order valence-corrected chi connectivity index (χ3v) is 13.6. The molecular formula is C60H40N2S. The molecular weight excluding hydrogens is 781 g/mol. The summed E-state index contributed by atoms with van der Waals surface area (Å²) in [6, 6.07) is 88.3. The van der Waals surface area contributed by atoms with Gasteiger partial charge in [-0.2, -0.15) is 0 Å². The molecule has 12 rings (SSSR count). The van der Waals surface area contributed by atoms with Gasteiger partial charge in [-0.15, -0.1) is 11.3 Å². The number of hydrogen-bond acceptors (Lipinski definition) is 2. The van der Waals surface area contributed by atoms with Crippen molar-refractivity contribution in [3.8, 4) is 50.2 Å². The Morgan fingerprint density at radius 3 is 1.48 bits per heavy atom. The predicted molar refractivity (Wildman–Crippen MR) is 270 cm³/mol. The molecule has 2 nitrogen and oxygen atoms in total. The van der Waals surface area contributed by atoms with Crippen LogP contribution in [0.4, 0.5) is 17.1 Å². The molecule has 0 radical (unpaired) electrons. The van der Waals surface area contributed by atoms with Gasteiger partial charge in [0.05, 0.1) is 16.7 Å². The van der Waals surface area contributed by atoms with Crippen LogP contribution < -0.4 is 4.90 Å². The summed E-state index contributed by atoms with van der Waals surface area (Å²) in [7, 11) is 0. The maximum absolute atomic E-state index is 2.44. The van der Waals surface area contributed by atoms with E-state index in [2.05, 4.69) is 252 Å². The number of hydrogen-bond donors (Lipinski definition) is 0. The highest BCUT2D eigenvalue weighted by molar-refractivity contribution is 7.26. The topological polar surface area (TPSA) is 8.17 Å². The Kier molecular flexibility index (Phi) is 9.06. The summed E-state index contributed by atoms with van der Waals surface area (Å²) in [5, 5.41) is 5.05. The summed E-state index contributed by atoms with van der Waals surface area (Å²) in [5.41, 5.74) is 16.6. The number of aromatic nitrogens is 1. The van der Waals surface area contributed by atoms with Crippen molar-refractivity contribution in [2.45, 2.75) is 0 Å². The zero-order valence-corrected chi connectivity index (χ0v) is 35.2. The first kappa shape index (κ1) is 36.8. The van der Waals surface area contributed by atoms with Crippen molar-refractivity contribution >= 4 is 70.4 Å². The van der Waals surface area contributed by atoms with Gasteiger partial charge in [0.25, 0.3) is 0 Å². The fourth-order valence-electron chi connectivity index (χ4n) is 9.60. The molecule has 0 aliphatic carbocycles. The van der Waals surface area contributed by atoms with Gasteiger partial charge in [-0.25, -0.2) is 0 Å². The van der Waals surface area contributed by atoms with E-state index in [-0.39, 0.29) is 0 Å². The molecule has 3 heteroatoms. The van der Waals surface area contributed by atoms with E-state index in [1.165, 1.54) is 86.5 Å². The number of fused-ring (bicyclic) bond motifs is 6. The van der Waals surface area contributed by atoms with Gasteiger partial charge < -0.3 is 9.47 Å². The van der Waals surface area contributed by atoms with Crippen LogP contribution in [0.25, 0.3) is 92.2 Å². The van der Waals surface area contributed by atoms with Gasteiger partial charge in [0.2, 0.25) is 0 Å². The van der Waals surface area contributed by atoms with Gasteiger partial charge in [-0.3, -0.25) is 0 Å². The van der Waals surface area contributed by atoms with Gasteiger partial charge in [0.15, 0.2) is 0 Å². The summed E-state index contributed by atoms with van der Waals surface area (Å²) in [6.07, 6.45) is 0. The van der Waals surface area contributed by atoms with Crippen LogP contribution in [0.1, 0.15) is 0 Å². The van der Waals surface area contributed by atoms with E-state index >= 15 is 0 Å². The number of benzene rings is 10. The van der Waals surface area contributed by atoms with Crippen molar-refractivity contribution in [2.24, 2.45) is 0 Å². The molecule has 2 aromatic heterocycles. The second-order valence-corrected chi connectivity index (χ2v) is 17.1. The van der Waals surface area contributed by atoms with E-state index in [4.69, 9.17) is 0 Å². The number of rotatable bonds is 8. The Balaban J connectivity index is 1.00. The average Bonchev–Trinajstić information content (AvgIpc) is 3.92. The zero-order valence-electron chi connectivity index (χ0n) is 34.4. The molecule has 12 aromatic rings. The third kappa shape index (κ3) is 6.33. The van der Waals surface area contributed by atoms with Crippen molar-refractivity contribution < 1.29 is 0 Å². The lowest BCUT2D eigenvalue weighted by molar-refractivity contribution is 1.18. The number of para-hydroxylation sites is 3. The summed E-state index contributed by atoms with van der Waals surface area (Å²) in [6.45, 7) is 0.